The highest BCUT2D eigenvalue weighted by molar-refractivity contribution is 7.98. The van der Waals surface area contributed by atoms with E-state index in [0.717, 1.165) is 5.56 Å². The van der Waals surface area contributed by atoms with E-state index >= 15 is 0 Å². The molecule has 2 unspecified atom stereocenters. The van der Waals surface area contributed by atoms with Crippen LogP contribution >= 0.6 is 23.4 Å². The molecule has 3 N–H and O–H groups in total. The molecule has 196 valence electrons. The van der Waals surface area contributed by atoms with Crippen molar-refractivity contribution >= 4 is 47.0 Å². The van der Waals surface area contributed by atoms with E-state index in [0.29, 0.717) is 22.9 Å². The van der Waals surface area contributed by atoms with Crippen LogP contribution in [0.15, 0.2) is 42.5 Å². The Morgan fingerprint density at radius 2 is 1.81 bits per heavy atom. The number of amides is 3. The Balaban J connectivity index is 2.42. The largest absolute Gasteiger partial charge is 0.508 e. The molecule has 10 heteroatoms. The van der Waals surface area contributed by atoms with Gasteiger partial charge in [-0.05, 0) is 63.8 Å². The quantitative estimate of drug-likeness (QED) is 0.410. The molecule has 2 aromatic rings. The lowest BCUT2D eigenvalue weighted by Gasteiger charge is -2.32. The van der Waals surface area contributed by atoms with Crippen LogP contribution in [0, 0.1) is 6.92 Å². The molecule has 0 aliphatic rings. The number of nitrogens with zero attached hydrogens (tertiary/aromatic N) is 1. The zero-order valence-electron chi connectivity index (χ0n) is 21.4. The van der Waals surface area contributed by atoms with Gasteiger partial charge in [-0.25, -0.2) is 4.79 Å². The van der Waals surface area contributed by atoms with E-state index in [1.807, 2.05) is 6.26 Å². The molecule has 0 fully saturated rings. The number of thioether (sulfide) groups is 1. The Morgan fingerprint density at radius 1 is 1.14 bits per heavy atom. The molecule has 36 heavy (non-hydrogen) atoms. The number of hydrogen-bond donors (Lipinski definition) is 3. The molecule has 2 rings (SSSR count). The first-order valence-electron chi connectivity index (χ1n) is 11.4. The summed E-state index contributed by atoms with van der Waals surface area (Å²) in [5.74, 6) is -0.626. The molecular formula is C26H34ClN3O5S. The van der Waals surface area contributed by atoms with Crippen LogP contribution in [0.1, 0.15) is 44.4 Å². The summed E-state index contributed by atoms with van der Waals surface area (Å²) in [6.07, 6.45) is 1.48. The van der Waals surface area contributed by atoms with Crippen molar-refractivity contribution < 1.29 is 24.2 Å². The van der Waals surface area contributed by atoms with Crippen molar-refractivity contribution in [2.75, 3.05) is 24.4 Å². The van der Waals surface area contributed by atoms with Gasteiger partial charge in [-0.15, -0.1) is 0 Å². The first kappa shape index (κ1) is 29.3. The Kier molecular flexibility index (Phi) is 10.5. The summed E-state index contributed by atoms with van der Waals surface area (Å²) >= 11 is 7.83. The molecule has 2 aromatic carbocycles. The van der Waals surface area contributed by atoms with E-state index in [2.05, 4.69) is 10.6 Å². The Labute approximate surface area is 221 Å². The smallest absolute Gasteiger partial charge is 0.408 e. The van der Waals surface area contributed by atoms with Gasteiger partial charge in [0.2, 0.25) is 5.91 Å². The maximum Gasteiger partial charge on any atom is 0.408 e. The third-order valence-electron chi connectivity index (χ3n) is 5.28. The Hall–Kier alpha value is -2.91. The Morgan fingerprint density at radius 3 is 2.39 bits per heavy atom. The minimum Gasteiger partial charge on any atom is -0.508 e. The van der Waals surface area contributed by atoms with Crippen LogP contribution < -0.4 is 10.6 Å². The van der Waals surface area contributed by atoms with Crippen LogP contribution in [-0.4, -0.2) is 58.6 Å². The number of carbonyl (C=O) groups excluding carboxylic acids is 3. The van der Waals surface area contributed by atoms with Crippen molar-refractivity contribution in [3.05, 3.63) is 58.6 Å². The monoisotopic (exact) mass is 535 g/mol. The lowest BCUT2D eigenvalue weighted by molar-refractivity contribution is -0.139. The summed E-state index contributed by atoms with van der Waals surface area (Å²) in [5, 5.41) is 16.3. The number of anilines is 1. The van der Waals surface area contributed by atoms with E-state index in [4.69, 9.17) is 16.3 Å². The fourth-order valence-electron chi connectivity index (χ4n) is 3.54. The number of phenolic OH excluding ortho intramolecular Hbond substituents is 1. The van der Waals surface area contributed by atoms with Gasteiger partial charge in [0.05, 0.1) is 10.7 Å². The maximum atomic E-state index is 13.6. The molecule has 0 spiro atoms. The van der Waals surface area contributed by atoms with Crippen LogP contribution in [0.3, 0.4) is 0 Å². The number of alkyl carbamates (subject to hydrolysis) is 1. The molecule has 8 nitrogen and oxygen atoms in total. The number of rotatable bonds is 9. The number of likely N-dealkylation sites (N-methyl/N-ethyl adjacent to an activating group) is 1. The molecular weight excluding hydrogens is 502 g/mol. The minimum atomic E-state index is -1.20. The molecule has 0 saturated heterocycles. The average molecular weight is 536 g/mol. The van der Waals surface area contributed by atoms with Gasteiger partial charge in [0, 0.05) is 12.6 Å². The van der Waals surface area contributed by atoms with Gasteiger partial charge < -0.3 is 25.4 Å². The zero-order valence-corrected chi connectivity index (χ0v) is 23.0. The van der Waals surface area contributed by atoms with Crippen LogP contribution in [0.5, 0.6) is 5.75 Å². The SMILES string of the molecule is CSCCC(NC(=O)OC(C)(C)C)C(=O)N(C)C(C(=O)Nc1c(C)cccc1Cl)c1ccccc1O. The number of halogens is 1. The number of phenols is 1. The van der Waals surface area contributed by atoms with Crippen molar-refractivity contribution in [2.24, 2.45) is 0 Å². The average Bonchev–Trinajstić information content (AvgIpc) is 2.78. The normalized spacial score (nSPS) is 12.9. The molecule has 0 aromatic heterocycles. The standard InChI is InChI=1S/C26H34ClN3O5S/c1-16-10-9-12-18(27)21(16)29-23(32)22(17-11-7-8-13-20(17)31)30(5)24(33)19(14-15-36-6)28-25(34)35-26(2,3)4/h7-13,19,22,31H,14-15H2,1-6H3,(H,28,34)(H,29,32). The molecule has 0 heterocycles. The highest BCUT2D eigenvalue weighted by atomic mass is 35.5. The van der Waals surface area contributed by atoms with Crippen LogP contribution in [0.2, 0.25) is 5.02 Å². The number of carbonyl (C=O) groups is 3. The predicted octanol–water partition coefficient (Wildman–Crippen LogP) is 5.14. The van der Waals surface area contributed by atoms with E-state index < -0.39 is 35.6 Å². The lowest BCUT2D eigenvalue weighted by atomic mass is 10.0. The molecule has 0 aliphatic carbocycles. The van der Waals surface area contributed by atoms with Gasteiger partial charge in [0.15, 0.2) is 0 Å². The third kappa shape index (κ3) is 8.06. The van der Waals surface area contributed by atoms with Gasteiger partial charge in [-0.2, -0.15) is 11.8 Å². The first-order chi connectivity index (χ1) is 16.9. The van der Waals surface area contributed by atoms with Crippen molar-refractivity contribution in [2.45, 2.75) is 51.8 Å². The van der Waals surface area contributed by atoms with Gasteiger partial charge in [-0.1, -0.05) is 41.9 Å². The fourth-order valence-corrected chi connectivity index (χ4v) is 4.28. The maximum absolute atomic E-state index is 13.6. The summed E-state index contributed by atoms with van der Waals surface area (Å²) in [4.78, 5) is 40.9. The van der Waals surface area contributed by atoms with E-state index in [-0.39, 0.29) is 11.3 Å². The summed E-state index contributed by atoms with van der Waals surface area (Å²) in [5.41, 5.74) is 0.645. The molecule has 0 bridgehead atoms. The molecule has 3 amide bonds. The Bertz CT molecular complexity index is 1070. The number of aromatic hydroxyl groups is 1. The number of benzene rings is 2. The third-order valence-corrected chi connectivity index (χ3v) is 6.24. The minimum absolute atomic E-state index is 0.144. The topological polar surface area (TPSA) is 108 Å². The van der Waals surface area contributed by atoms with Crippen LogP contribution in [-0.2, 0) is 14.3 Å². The number of para-hydroxylation sites is 2. The first-order valence-corrected chi connectivity index (χ1v) is 13.2. The summed E-state index contributed by atoms with van der Waals surface area (Å²) in [7, 11) is 1.46. The number of nitrogens with one attached hydrogen (secondary N) is 2. The van der Waals surface area contributed by atoms with Crippen LogP contribution in [0.4, 0.5) is 10.5 Å². The second kappa shape index (κ2) is 12.9. The van der Waals surface area contributed by atoms with Crippen LogP contribution in [0.25, 0.3) is 0 Å². The van der Waals surface area contributed by atoms with Crippen molar-refractivity contribution in [3.8, 4) is 5.75 Å². The van der Waals surface area contributed by atoms with Gasteiger partial charge in [0.1, 0.15) is 23.4 Å². The van der Waals surface area contributed by atoms with E-state index in [1.54, 1.807) is 64.1 Å². The zero-order chi connectivity index (χ0) is 27.0. The van der Waals surface area contributed by atoms with Crippen molar-refractivity contribution in [1.29, 1.82) is 0 Å². The van der Waals surface area contributed by atoms with Crippen molar-refractivity contribution in [1.82, 2.24) is 10.2 Å². The lowest BCUT2D eigenvalue weighted by Crippen LogP contribution is -2.51. The molecule has 2 atom stereocenters. The van der Waals surface area contributed by atoms with Gasteiger partial charge in [0.25, 0.3) is 5.91 Å². The molecule has 0 aliphatic heterocycles. The molecule has 0 radical (unpaired) electrons. The van der Waals surface area contributed by atoms with E-state index in [1.165, 1.54) is 29.8 Å². The number of aryl methyl sites for hydroxylation is 1. The second-order valence-electron chi connectivity index (χ2n) is 9.31. The highest BCUT2D eigenvalue weighted by Crippen LogP contribution is 2.32. The molecule has 0 saturated carbocycles. The summed E-state index contributed by atoms with van der Waals surface area (Å²) < 4.78 is 5.33. The summed E-state index contributed by atoms with van der Waals surface area (Å²) in [6, 6.07) is 9.37. The second-order valence-corrected chi connectivity index (χ2v) is 10.7. The van der Waals surface area contributed by atoms with Gasteiger partial charge in [-0.3, -0.25) is 9.59 Å². The van der Waals surface area contributed by atoms with Crippen molar-refractivity contribution in [3.63, 3.8) is 0 Å². The number of hydrogen-bond acceptors (Lipinski definition) is 6. The number of ether oxygens (including phenoxy) is 1. The van der Waals surface area contributed by atoms with Gasteiger partial charge >= 0.3 is 6.09 Å². The predicted molar refractivity (Wildman–Crippen MR) is 145 cm³/mol. The fraction of sp³-hybridized carbons (Fsp3) is 0.423. The highest BCUT2D eigenvalue weighted by Gasteiger charge is 2.35. The van der Waals surface area contributed by atoms with E-state index in [9.17, 15) is 19.5 Å². The summed E-state index contributed by atoms with van der Waals surface area (Å²) in [6.45, 7) is 6.99.